The van der Waals surface area contributed by atoms with Gasteiger partial charge in [-0.15, -0.1) is 0 Å². The molecule has 0 spiro atoms. The van der Waals surface area contributed by atoms with Gasteiger partial charge in [0.05, 0.1) is 0 Å². The van der Waals surface area contributed by atoms with Crippen LogP contribution in [0.2, 0.25) is 0 Å². The van der Waals surface area contributed by atoms with Gasteiger partial charge in [0.1, 0.15) is 0 Å². The third-order valence-electron chi connectivity index (χ3n) is 2.36. The number of hydrogen-bond donors (Lipinski definition) is 1. The van der Waals surface area contributed by atoms with Crippen molar-refractivity contribution in [1.29, 1.82) is 0 Å². The van der Waals surface area contributed by atoms with Crippen molar-refractivity contribution in [2.45, 2.75) is 26.2 Å². The molecule has 0 saturated heterocycles. The number of carboxylic acids is 1. The maximum absolute atomic E-state index is 10.4. The zero-order chi connectivity index (χ0) is 12.5. The minimum absolute atomic E-state index is 0.907. The van der Waals surface area contributed by atoms with Gasteiger partial charge < -0.3 is 5.11 Å². The molecule has 0 bridgehead atoms. The van der Waals surface area contributed by atoms with Gasteiger partial charge in [0.2, 0.25) is 0 Å². The summed E-state index contributed by atoms with van der Waals surface area (Å²) in [7, 11) is 0. The largest absolute Gasteiger partial charge is 0.478 e. The van der Waals surface area contributed by atoms with Gasteiger partial charge in [0, 0.05) is 6.08 Å². The van der Waals surface area contributed by atoms with E-state index in [0.29, 0.717) is 0 Å². The molecule has 2 nitrogen and oxygen atoms in total. The van der Waals surface area contributed by atoms with Gasteiger partial charge in [-0.25, -0.2) is 4.79 Å². The van der Waals surface area contributed by atoms with E-state index in [1.54, 1.807) is 6.08 Å². The van der Waals surface area contributed by atoms with Crippen molar-refractivity contribution >= 4 is 18.1 Å². The highest BCUT2D eigenvalue weighted by Crippen LogP contribution is 2.09. The molecule has 1 aromatic rings. The number of hydrogen-bond acceptors (Lipinski definition) is 1. The van der Waals surface area contributed by atoms with Crippen LogP contribution in [0.4, 0.5) is 0 Å². The van der Waals surface area contributed by atoms with Crippen LogP contribution in [0.1, 0.15) is 37.3 Å². The summed E-state index contributed by atoms with van der Waals surface area (Å²) in [6.07, 6.45) is 10.5. The summed E-state index contributed by atoms with van der Waals surface area (Å²) in [4.78, 5) is 10.4. The normalized spacial score (nSPS) is 11.4. The van der Waals surface area contributed by atoms with Crippen LogP contribution in [0.25, 0.3) is 12.2 Å². The quantitative estimate of drug-likeness (QED) is 0.592. The predicted molar refractivity (Wildman–Crippen MR) is 71.7 cm³/mol. The average Bonchev–Trinajstić information content (AvgIpc) is 2.33. The van der Waals surface area contributed by atoms with Crippen LogP contribution >= 0.6 is 0 Å². The highest BCUT2D eigenvalue weighted by atomic mass is 16.4. The van der Waals surface area contributed by atoms with Crippen LogP contribution < -0.4 is 0 Å². The molecule has 0 atom stereocenters. The molecular formula is C15H18O2. The van der Waals surface area contributed by atoms with Gasteiger partial charge in [-0.2, -0.15) is 0 Å². The van der Waals surface area contributed by atoms with E-state index < -0.39 is 5.97 Å². The number of aliphatic carboxylic acids is 1. The fourth-order valence-electron chi connectivity index (χ4n) is 1.48. The summed E-state index contributed by atoms with van der Waals surface area (Å²) in [5, 5.41) is 8.54. The van der Waals surface area contributed by atoms with Crippen molar-refractivity contribution in [1.82, 2.24) is 0 Å². The zero-order valence-corrected chi connectivity index (χ0v) is 10.1. The third-order valence-corrected chi connectivity index (χ3v) is 2.36. The van der Waals surface area contributed by atoms with E-state index in [-0.39, 0.29) is 0 Å². The standard InChI is InChI=1S/C15H18O2/c1-2-3-4-5-7-13-8-6-9-14(12-13)10-11-15(16)17/h5-12H,2-4H2,1H3,(H,16,17)/b7-5+,11-10-. The number of carboxylic acid groups (broad SMARTS) is 1. The summed E-state index contributed by atoms with van der Waals surface area (Å²) in [5.41, 5.74) is 2.01. The van der Waals surface area contributed by atoms with E-state index in [1.807, 2.05) is 24.3 Å². The third kappa shape index (κ3) is 5.71. The SMILES string of the molecule is CCCC/C=C/c1cccc(/C=C\C(=O)O)c1. The Kier molecular flexibility index (Phi) is 5.80. The molecule has 1 rings (SSSR count). The molecule has 2 heteroatoms. The number of carbonyl (C=O) groups is 1. The number of rotatable bonds is 6. The van der Waals surface area contributed by atoms with Crippen LogP contribution in [0, 0.1) is 0 Å². The van der Waals surface area contributed by atoms with E-state index in [9.17, 15) is 4.79 Å². The fraction of sp³-hybridized carbons (Fsp3) is 0.267. The van der Waals surface area contributed by atoms with Crippen molar-refractivity contribution < 1.29 is 9.90 Å². The first-order valence-electron chi connectivity index (χ1n) is 5.90. The fourth-order valence-corrected chi connectivity index (χ4v) is 1.48. The Labute approximate surface area is 102 Å². The molecule has 0 amide bonds. The Morgan fingerprint density at radius 1 is 1.29 bits per heavy atom. The molecule has 0 heterocycles. The minimum Gasteiger partial charge on any atom is -0.478 e. The van der Waals surface area contributed by atoms with E-state index >= 15 is 0 Å². The molecular weight excluding hydrogens is 212 g/mol. The first-order valence-corrected chi connectivity index (χ1v) is 5.90. The molecule has 0 aliphatic heterocycles. The Morgan fingerprint density at radius 3 is 2.65 bits per heavy atom. The van der Waals surface area contributed by atoms with Gasteiger partial charge in [0.25, 0.3) is 0 Å². The first-order chi connectivity index (χ1) is 8.22. The molecule has 0 aliphatic carbocycles. The van der Waals surface area contributed by atoms with Gasteiger partial charge >= 0.3 is 5.97 Å². The highest BCUT2D eigenvalue weighted by molar-refractivity contribution is 5.85. The lowest BCUT2D eigenvalue weighted by molar-refractivity contribution is -0.131. The van der Waals surface area contributed by atoms with Crippen LogP contribution in [0.15, 0.2) is 36.4 Å². The smallest absolute Gasteiger partial charge is 0.328 e. The Hall–Kier alpha value is -1.83. The summed E-state index contributed by atoms with van der Waals surface area (Å²) in [5.74, 6) is -0.922. The molecule has 0 fully saturated rings. The van der Waals surface area contributed by atoms with E-state index in [4.69, 9.17) is 5.11 Å². The second kappa shape index (κ2) is 7.44. The topological polar surface area (TPSA) is 37.3 Å². The molecule has 0 radical (unpaired) electrons. The highest BCUT2D eigenvalue weighted by Gasteiger charge is 1.91. The minimum atomic E-state index is -0.922. The average molecular weight is 230 g/mol. The first kappa shape index (κ1) is 13.2. The van der Waals surface area contributed by atoms with Crippen LogP contribution in [0.5, 0.6) is 0 Å². The number of benzene rings is 1. The summed E-state index contributed by atoms with van der Waals surface area (Å²) < 4.78 is 0. The predicted octanol–water partition coefficient (Wildman–Crippen LogP) is 3.99. The van der Waals surface area contributed by atoms with Crippen molar-refractivity contribution in [3.8, 4) is 0 Å². The van der Waals surface area contributed by atoms with Crippen LogP contribution in [-0.4, -0.2) is 11.1 Å². The van der Waals surface area contributed by atoms with Gasteiger partial charge in [0.15, 0.2) is 0 Å². The monoisotopic (exact) mass is 230 g/mol. The molecule has 0 aromatic heterocycles. The van der Waals surface area contributed by atoms with Gasteiger partial charge in [-0.3, -0.25) is 0 Å². The maximum Gasteiger partial charge on any atom is 0.328 e. The Balaban J connectivity index is 2.65. The van der Waals surface area contributed by atoms with Crippen molar-refractivity contribution in [2.24, 2.45) is 0 Å². The molecule has 0 saturated carbocycles. The molecule has 1 aromatic carbocycles. The Morgan fingerprint density at radius 2 is 2.00 bits per heavy atom. The number of unbranched alkanes of at least 4 members (excludes halogenated alkanes) is 2. The second-order valence-electron chi connectivity index (χ2n) is 3.89. The van der Waals surface area contributed by atoms with Crippen molar-refractivity contribution in [3.05, 3.63) is 47.5 Å². The lowest BCUT2D eigenvalue weighted by atomic mass is 10.1. The van der Waals surface area contributed by atoms with Gasteiger partial charge in [-0.05, 0) is 29.7 Å². The van der Waals surface area contributed by atoms with Crippen molar-refractivity contribution in [2.75, 3.05) is 0 Å². The molecule has 0 aliphatic rings. The molecule has 17 heavy (non-hydrogen) atoms. The molecule has 90 valence electrons. The second-order valence-corrected chi connectivity index (χ2v) is 3.89. The Bertz CT molecular complexity index is 417. The number of allylic oxidation sites excluding steroid dienone is 1. The van der Waals surface area contributed by atoms with Gasteiger partial charge in [-0.1, -0.05) is 50.1 Å². The van der Waals surface area contributed by atoms with E-state index in [2.05, 4.69) is 19.1 Å². The van der Waals surface area contributed by atoms with Crippen LogP contribution in [0.3, 0.4) is 0 Å². The van der Waals surface area contributed by atoms with Crippen molar-refractivity contribution in [3.63, 3.8) is 0 Å². The maximum atomic E-state index is 10.4. The zero-order valence-electron chi connectivity index (χ0n) is 10.1. The summed E-state index contributed by atoms with van der Waals surface area (Å²) in [6.45, 7) is 2.17. The van der Waals surface area contributed by atoms with E-state index in [0.717, 1.165) is 23.6 Å². The van der Waals surface area contributed by atoms with Crippen LogP contribution in [-0.2, 0) is 4.79 Å². The summed E-state index contributed by atoms with van der Waals surface area (Å²) in [6, 6.07) is 7.81. The lowest BCUT2D eigenvalue weighted by Crippen LogP contribution is -1.85. The van der Waals surface area contributed by atoms with E-state index in [1.165, 1.54) is 12.8 Å². The molecule has 1 N–H and O–H groups in total. The molecule has 0 unspecified atom stereocenters. The lowest BCUT2D eigenvalue weighted by Gasteiger charge is -1.96. The summed E-state index contributed by atoms with van der Waals surface area (Å²) >= 11 is 0.